The quantitative estimate of drug-likeness (QED) is 0.843. The molecule has 0 aromatic carbocycles. The minimum absolute atomic E-state index is 0.00681. The van der Waals surface area contributed by atoms with Crippen molar-refractivity contribution in [1.82, 2.24) is 4.98 Å². The van der Waals surface area contributed by atoms with Gasteiger partial charge in [-0.15, -0.1) is 0 Å². The Morgan fingerprint density at radius 2 is 2.13 bits per heavy atom. The maximum Gasteiger partial charge on any atom is 0.337 e. The first-order valence-corrected chi connectivity index (χ1v) is 7.29. The van der Waals surface area contributed by atoms with Crippen LogP contribution in [0.5, 0.6) is 5.88 Å². The Kier molecular flexibility index (Phi) is 4.68. The summed E-state index contributed by atoms with van der Waals surface area (Å²) in [5.74, 6) is -1.47. The van der Waals surface area contributed by atoms with Gasteiger partial charge in [-0.1, -0.05) is 0 Å². The first kappa shape index (κ1) is 16.9. The van der Waals surface area contributed by atoms with Crippen molar-refractivity contribution >= 4 is 17.7 Å². The third-order valence-corrected chi connectivity index (χ3v) is 3.18. The summed E-state index contributed by atoms with van der Waals surface area (Å²) >= 11 is 0. The summed E-state index contributed by atoms with van der Waals surface area (Å²) in [6.45, 7) is 5.31. The average Bonchev–Trinajstić information content (AvgIpc) is 2.42. The molecule has 23 heavy (non-hydrogen) atoms. The van der Waals surface area contributed by atoms with Gasteiger partial charge in [-0.2, -0.15) is 0 Å². The normalized spacial score (nSPS) is 17.2. The zero-order valence-electron chi connectivity index (χ0n) is 13.3. The van der Waals surface area contributed by atoms with Crippen LogP contribution in [0.2, 0.25) is 0 Å². The molecule has 0 aliphatic carbocycles. The van der Waals surface area contributed by atoms with Crippen LogP contribution in [0.25, 0.3) is 0 Å². The monoisotopic (exact) mass is 321 g/mol. The van der Waals surface area contributed by atoms with Crippen molar-refractivity contribution < 1.29 is 29.0 Å². The second-order valence-electron chi connectivity index (χ2n) is 6.37. The Balaban J connectivity index is 2.00. The topological polar surface area (TPSA) is 103 Å². The van der Waals surface area contributed by atoms with Crippen molar-refractivity contribution in [3.05, 3.63) is 23.4 Å². The number of pyridine rings is 1. The number of esters is 1. The van der Waals surface area contributed by atoms with E-state index in [1.807, 2.05) is 0 Å². The summed E-state index contributed by atoms with van der Waals surface area (Å²) in [6, 6.07) is 1.38. The Morgan fingerprint density at radius 3 is 2.74 bits per heavy atom. The molecule has 0 amide bonds. The number of nitrogens with zero attached hydrogens (tertiary/aromatic N) is 1. The Morgan fingerprint density at radius 1 is 1.43 bits per heavy atom. The predicted molar refractivity (Wildman–Crippen MR) is 79.4 cm³/mol. The van der Waals surface area contributed by atoms with Gasteiger partial charge in [-0.25, -0.2) is 9.78 Å². The SMILES string of the molecule is CC(C)(C)OC(=O)CC[C@@H]1Oc2ncc(C(=O)O)cc2CC1=O. The molecule has 2 heterocycles. The van der Waals surface area contributed by atoms with Crippen molar-refractivity contribution in [3.63, 3.8) is 0 Å². The lowest BCUT2D eigenvalue weighted by atomic mass is 9.99. The minimum atomic E-state index is -1.11. The number of ketones is 1. The largest absolute Gasteiger partial charge is 0.478 e. The molecular formula is C16H19NO6. The van der Waals surface area contributed by atoms with Gasteiger partial charge < -0.3 is 14.6 Å². The van der Waals surface area contributed by atoms with Crippen LogP contribution in [0, 0.1) is 0 Å². The van der Waals surface area contributed by atoms with Gasteiger partial charge in [-0.05, 0) is 26.8 Å². The van der Waals surface area contributed by atoms with Gasteiger partial charge in [-0.3, -0.25) is 9.59 Å². The van der Waals surface area contributed by atoms with E-state index >= 15 is 0 Å². The van der Waals surface area contributed by atoms with Crippen LogP contribution in [0.1, 0.15) is 49.5 Å². The summed E-state index contributed by atoms with van der Waals surface area (Å²) in [5, 5.41) is 8.93. The molecule has 124 valence electrons. The fourth-order valence-corrected chi connectivity index (χ4v) is 2.21. The Labute approximate surface area is 133 Å². The number of carboxylic acids is 1. The molecule has 7 heteroatoms. The minimum Gasteiger partial charge on any atom is -0.478 e. The van der Waals surface area contributed by atoms with Crippen LogP contribution in [0.3, 0.4) is 0 Å². The van der Waals surface area contributed by atoms with E-state index in [0.29, 0.717) is 5.56 Å². The molecule has 0 saturated heterocycles. The van der Waals surface area contributed by atoms with Gasteiger partial charge in [0.25, 0.3) is 0 Å². The molecule has 1 N–H and O–H groups in total. The van der Waals surface area contributed by atoms with Crippen LogP contribution < -0.4 is 4.74 Å². The molecule has 1 aliphatic rings. The second kappa shape index (κ2) is 6.36. The number of carboxylic acid groups (broad SMARTS) is 1. The molecule has 7 nitrogen and oxygen atoms in total. The molecule has 1 atom stereocenters. The fraction of sp³-hybridized carbons (Fsp3) is 0.500. The van der Waals surface area contributed by atoms with E-state index in [2.05, 4.69) is 4.98 Å². The molecule has 2 rings (SSSR count). The number of aromatic nitrogens is 1. The van der Waals surface area contributed by atoms with E-state index < -0.39 is 23.6 Å². The summed E-state index contributed by atoms with van der Waals surface area (Å²) in [7, 11) is 0. The smallest absolute Gasteiger partial charge is 0.337 e. The number of hydrogen-bond acceptors (Lipinski definition) is 6. The van der Waals surface area contributed by atoms with E-state index in [9.17, 15) is 14.4 Å². The lowest BCUT2D eigenvalue weighted by molar-refractivity contribution is -0.155. The first-order chi connectivity index (χ1) is 10.7. The molecule has 0 unspecified atom stereocenters. The van der Waals surface area contributed by atoms with Crippen molar-refractivity contribution in [3.8, 4) is 5.88 Å². The van der Waals surface area contributed by atoms with Gasteiger partial charge in [0.05, 0.1) is 5.56 Å². The average molecular weight is 321 g/mol. The van der Waals surface area contributed by atoms with Crippen LogP contribution in [-0.4, -0.2) is 39.5 Å². The zero-order chi connectivity index (χ0) is 17.2. The molecule has 0 saturated carbocycles. The number of carbonyl (C=O) groups is 3. The number of carbonyl (C=O) groups excluding carboxylic acids is 2. The maximum atomic E-state index is 12.1. The molecule has 1 aromatic heterocycles. The van der Waals surface area contributed by atoms with E-state index in [-0.39, 0.29) is 36.5 Å². The molecule has 0 bridgehead atoms. The van der Waals surface area contributed by atoms with Crippen LogP contribution in [0.4, 0.5) is 0 Å². The van der Waals surface area contributed by atoms with Crippen LogP contribution in [-0.2, 0) is 20.7 Å². The van der Waals surface area contributed by atoms with Crippen molar-refractivity contribution in [1.29, 1.82) is 0 Å². The Bertz CT molecular complexity index is 646. The van der Waals surface area contributed by atoms with E-state index in [4.69, 9.17) is 14.6 Å². The summed E-state index contributed by atoms with van der Waals surface area (Å²) in [6.07, 6.45) is 0.731. The van der Waals surface area contributed by atoms with E-state index in [1.165, 1.54) is 12.3 Å². The molecule has 1 aliphatic heterocycles. The number of hydrogen-bond donors (Lipinski definition) is 1. The highest BCUT2D eigenvalue weighted by Gasteiger charge is 2.30. The molecule has 0 fully saturated rings. The van der Waals surface area contributed by atoms with Crippen LogP contribution >= 0.6 is 0 Å². The first-order valence-electron chi connectivity index (χ1n) is 7.29. The van der Waals surface area contributed by atoms with Gasteiger partial charge in [0.2, 0.25) is 5.88 Å². The lowest BCUT2D eigenvalue weighted by Gasteiger charge is -2.24. The van der Waals surface area contributed by atoms with Gasteiger partial charge in [0, 0.05) is 31.0 Å². The van der Waals surface area contributed by atoms with E-state index in [0.717, 1.165) is 0 Å². The molecular weight excluding hydrogens is 302 g/mol. The third-order valence-electron chi connectivity index (χ3n) is 3.18. The number of fused-ring (bicyclic) bond motifs is 1. The summed E-state index contributed by atoms with van der Waals surface area (Å²) in [4.78, 5) is 38.6. The number of ether oxygens (including phenoxy) is 2. The van der Waals surface area contributed by atoms with E-state index in [1.54, 1.807) is 20.8 Å². The van der Waals surface area contributed by atoms with Crippen molar-refractivity contribution in [2.24, 2.45) is 0 Å². The number of rotatable bonds is 4. The second-order valence-corrected chi connectivity index (χ2v) is 6.37. The Hall–Kier alpha value is -2.44. The highest BCUT2D eigenvalue weighted by Crippen LogP contribution is 2.26. The highest BCUT2D eigenvalue weighted by atomic mass is 16.6. The summed E-state index contributed by atoms with van der Waals surface area (Å²) in [5.41, 5.74) is -0.119. The zero-order valence-corrected chi connectivity index (χ0v) is 13.3. The third kappa shape index (κ3) is 4.51. The van der Waals surface area contributed by atoms with Crippen LogP contribution in [0.15, 0.2) is 12.3 Å². The lowest BCUT2D eigenvalue weighted by Crippen LogP contribution is -2.35. The number of Topliss-reactive ketones (excluding diaryl/α,β-unsaturated/α-hetero) is 1. The molecule has 1 aromatic rings. The molecule has 0 spiro atoms. The fourth-order valence-electron chi connectivity index (χ4n) is 2.21. The van der Waals surface area contributed by atoms with Crippen molar-refractivity contribution in [2.75, 3.05) is 0 Å². The molecule has 0 radical (unpaired) electrons. The number of aromatic carboxylic acids is 1. The van der Waals surface area contributed by atoms with Gasteiger partial charge >= 0.3 is 11.9 Å². The maximum absolute atomic E-state index is 12.1. The van der Waals surface area contributed by atoms with Crippen molar-refractivity contribution in [2.45, 2.75) is 51.7 Å². The van der Waals surface area contributed by atoms with Gasteiger partial charge in [0.15, 0.2) is 11.9 Å². The van der Waals surface area contributed by atoms with Gasteiger partial charge in [0.1, 0.15) is 5.60 Å². The predicted octanol–water partition coefficient (Wildman–Crippen LogP) is 1.77. The summed E-state index contributed by atoms with van der Waals surface area (Å²) < 4.78 is 10.7. The highest BCUT2D eigenvalue weighted by molar-refractivity contribution is 5.90. The standard InChI is InChI=1S/C16H19NO6/c1-16(2,3)23-13(19)5-4-12-11(18)7-9-6-10(15(20)21)8-17-14(9)22-12/h6,8,12H,4-5,7H2,1-3H3,(H,20,21)/t12-/m0/s1.